The maximum Gasteiger partial charge on any atom is 0.0628 e. The van der Waals surface area contributed by atoms with Gasteiger partial charge in [-0.15, -0.1) is 0 Å². The molecule has 0 spiro atoms. The summed E-state index contributed by atoms with van der Waals surface area (Å²) >= 11 is 0. The van der Waals surface area contributed by atoms with Gasteiger partial charge in [-0.1, -0.05) is 13.3 Å². The highest BCUT2D eigenvalue weighted by Crippen LogP contribution is 2.12. The van der Waals surface area contributed by atoms with Crippen LogP contribution < -0.4 is 5.32 Å². The quantitative estimate of drug-likeness (QED) is 0.802. The third-order valence-electron chi connectivity index (χ3n) is 3.25. The molecule has 0 fully saturated rings. The Morgan fingerprint density at radius 1 is 1.38 bits per heavy atom. The van der Waals surface area contributed by atoms with Crippen LogP contribution in [0.1, 0.15) is 43.6 Å². The fourth-order valence-electron chi connectivity index (χ4n) is 2.16. The Kier molecular flexibility index (Phi) is 5.00. The monoisotopic (exact) mass is 223 g/mol. The van der Waals surface area contributed by atoms with Crippen LogP contribution >= 0.6 is 0 Å². The van der Waals surface area contributed by atoms with Crippen LogP contribution in [0, 0.1) is 13.8 Å². The second-order valence-electron chi connectivity index (χ2n) is 4.67. The molecule has 0 aliphatic carbocycles. The SMILES string of the molecule is CCCC(C)NCCc1c(C)nn(C)c1C. The summed E-state index contributed by atoms with van der Waals surface area (Å²) in [6.07, 6.45) is 3.59. The van der Waals surface area contributed by atoms with E-state index in [2.05, 4.69) is 38.1 Å². The zero-order chi connectivity index (χ0) is 12.1. The molecule has 0 amide bonds. The molecular weight excluding hydrogens is 198 g/mol. The van der Waals surface area contributed by atoms with Gasteiger partial charge in [-0.3, -0.25) is 4.68 Å². The van der Waals surface area contributed by atoms with Crippen LogP contribution in [0.2, 0.25) is 0 Å². The van der Waals surface area contributed by atoms with Crippen molar-refractivity contribution in [1.82, 2.24) is 15.1 Å². The van der Waals surface area contributed by atoms with Crippen molar-refractivity contribution >= 4 is 0 Å². The molecule has 1 heterocycles. The maximum atomic E-state index is 4.43. The van der Waals surface area contributed by atoms with Crippen molar-refractivity contribution in [3.05, 3.63) is 17.0 Å². The van der Waals surface area contributed by atoms with Gasteiger partial charge >= 0.3 is 0 Å². The van der Waals surface area contributed by atoms with E-state index in [1.165, 1.54) is 29.8 Å². The van der Waals surface area contributed by atoms with Gasteiger partial charge < -0.3 is 5.32 Å². The highest BCUT2D eigenvalue weighted by molar-refractivity contribution is 5.24. The first kappa shape index (κ1) is 13.2. The largest absolute Gasteiger partial charge is 0.314 e. The molecule has 1 unspecified atom stereocenters. The first-order chi connectivity index (χ1) is 7.56. The van der Waals surface area contributed by atoms with E-state index in [9.17, 15) is 0 Å². The minimum Gasteiger partial charge on any atom is -0.314 e. The second kappa shape index (κ2) is 6.04. The van der Waals surface area contributed by atoms with Crippen molar-refractivity contribution in [2.24, 2.45) is 7.05 Å². The third kappa shape index (κ3) is 3.34. The summed E-state index contributed by atoms with van der Waals surface area (Å²) in [5.41, 5.74) is 3.87. The molecule has 3 nitrogen and oxygen atoms in total. The first-order valence-electron chi connectivity index (χ1n) is 6.28. The lowest BCUT2D eigenvalue weighted by Gasteiger charge is -2.12. The van der Waals surface area contributed by atoms with Crippen LogP contribution in [-0.4, -0.2) is 22.4 Å². The van der Waals surface area contributed by atoms with Crippen molar-refractivity contribution < 1.29 is 0 Å². The third-order valence-corrected chi connectivity index (χ3v) is 3.25. The maximum absolute atomic E-state index is 4.43. The molecule has 0 saturated heterocycles. The summed E-state index contributed by atoms with van der Waals surface area (Å²) in [5.74, 6) is 0. The molecule has 0 aliphatic heterocycles. The van der Waals surface area contributed by atoms with Crippen molar-refractivity contribution in [3.63, 3.8) is 0 Å². The van der Waals surface area contributed by atoms with Crippen molar-refractivity contribution in [1.29, 1.82) is 0 Å². The molecule has 1 aromatic heterocycles. The van der Waals surface area contributed by atoms with Crippen LogP contribution in [0.25, 0.3) is 0 Å². The van der Waals surface area contributed by atoms with E-state index < -0.39 is 0 Å². The van der Waals surface area contributed by atoms with Gasteiger partial charge in [0.25, 0.3) is 0 Å². The summed E-state index contributed by atoms with van der Waals surface area (Å²) in [5, 5.41) is 7.99. The van der Waals surface area contributed by atoms with Crippen LogP contribution in [0.4, 0.5) is 0 Å². The molecule has 0 aliphatic rings. The molecule has 0 aromatic carbocycles. The van der Waals surface area contributed by atoms with Crippen LogP contribution in [-0.2, 0) is 13.5 Å². The minimum atomic E-state index is 0.627. The molecule has 0 saturated carbocycles. The summed E-state index contributed by atoms with van der Waals surface area (Å²) in [4.78, 5) is 0. The molecule has 16 heavy (non-hydrogen) atoms. The Morgan fingerprint density at radius 2 is 2.06 bits per heavy atom. The van der Waals surface area contributed by atoms with E-state index in [-0.39, 0.29) is 0 Å². The Bertz CT molecular complexity index is 328. The van der Waals surface area contributed by atoms with Crippen LogP contribution in [0.3, 0.4) is 0 Å². The zero-order valence-corrected chi connectivity index (χ0v) is 11.3. The summed E-state index contributed by atoms with van der Waals surface area (Å²) in [6.45, 7) is 9.77. The standard InChI is InChI=1S/C13H25N3/c1-6-7-10(2)14-9-8-13-11(3)15-16(5)12(13)4/h10,14H,6-9H2,1-5H3. The molecule has 1 rings (SSSR count). The summed E-state index contributed by atoms with van der Waals surface area (Å²) in [7, 11) is 2.01. The zero-order valence-electron chi connectivity index (χ0n) is 11.3. The van der Waals surface area contributed by atoms with E-state index in [0.29, 0.717) is 6.04 Å². The number of nitrogens with zero attached hydrogens (tertiary/aromatic N) is 2. The van der Waals surface area contributed by atoms with E-state index in [1.54, 1.807) is 0 Å². The molecule has 92 valence electrons. The van der Waals surface area contributed by atoms with Gasteiger partial charge in [0, 0.05) is 18.8 Å². The first-order valence-corrected chi connectivity index (χ1v) is 6.28. The topological polar surface area (TPSA) is 29.9 Å². The van der Waals surface area contributed by atoms with Crippen molar-refractivity contribution in [2.45, 2.75) is 53.0 Å². The predicted molar refractivity (Wildman–Crippen MR) is 68.8 cm³/mol. The highest BCUT2D eigenvalue weighted by atomic mass is 15.3. The lowest BCUT2D eigenvalue weighted by atomic mass is 10.1. The average molecular weight is 223 g/mol. The fraction of sp³-hybridized carbons (Fsp3) is 0.769. The molecule has 1 aromatic rings. The summed E-state index contributed by atoms with van der Waals surface area (Å²) < 4.78 is 1.97. The smallest absolute Gasteiger partial charge is 0.0628 e. The number of aryl methyl sites for hydroxylation is 2. The highest BCUT2D eigenvalue weighted by Gasteiger charge is 2.09. The number of rotatable bonds is 6. The van der Waals surface area contributed by atoms with Gasteiger partial charge in [0.05, 0.1) is 5.69 Å². The lowest BCUT2D eigenvalue weighted by Crippen LogP contribution is -2.28. The molecular formula is C13H25N3. The van der Waals surface area contributed by atoms with Gasteiger partial charge in [0.15, 0.2) is 0 Å². The second-order valence-corrected chi connectivity index (χ2v) is 4.67. The number of nitrogens with one attached hydrogen (secondary N) is 1. The Morgan fingerprint density at radius 3 is 2.56 bits per heavy atom. The minimum absolute atomic E-state index is 0.627. The molecule has 3 heteroatoms. The van der Waals surface area contributed by atoms with E-state index >= 15 is 0 Å². The Hall–Kier alpha value is -0.830. The predicted octanol–water partition coefficient (Wildman–Crippen LogP) is 2.36. The normalized spacial score (nSPS) is 13.1. The number of hydrogen-bond acceptors (Lipinski definition) is 2. The molecule has 0 bridgehead atoms. The fourth-order valence-corrected chi connectivity index (χ4v) is 2.16. The Balaban J connectivity index is 2.43. The van der Waals surface area contributed by atoms with Crippen LogP contribution in [0.15, 0.2) is 0 Å². The van der Waals surface area contributed by atoms with E-state index in [0.717, 1.165) is 13.0 Å². The van der Waals surface area contributed by atoms with Gasteiger partial charge in [-0.05, 0) is 45.7 Å². The molecule has 1 N–H and O–H groups in total. The van der Waals surface area contributed by atoms with Crippen LogP contribution in [0.5, 0.6) is 0 Å². The number of hydrogen-bond donors (Lipinski definition) is 1. The lowest BCUT2D eigenvalue weighted by molar-refractivity contribution is 0.511. The van der Waals surface area contributed by atoms with E-state index in [1.807, 2.05) is 11.7 Å². The molecule has 0 radical (unpaired) electrons. The van der Waals surface area contributed by atoms with Gasteiger partial charge in [-0.25, -0.2) is 0 Å². The summed E-state index contributed by atoms with van der Waals surface area (Å²) in [6, 6.07) is 0.627. The molecule has 1 atom stereocenters. The van der Waals surface area contributed by atoms with Gasteiger partial charge in [-0.2, -0.15) is 5.10 Å². The van der Waals surface area contributed by atoms with Gasteiger partial charge in [0.1, 0.15) is 0 Å². The van der Waals surface area contributed by atoms with E-state index in [4.69, 9.17) is 0 Å². The average Bonchev–Trinajstić information content (AvgIpc) is 2.45. The Labute approximate surface area is 99.2 Å². The van der Waals surface area contributed by atoms with Crippen molar-refractivity contribution in [2.75, 3.05) is 6.54 Å². The number of aromatic nitrogens is 2. The van der Waals surface area contributed by atoms with Gasteiger partial charge in [0.2, 0.25) is 0 Å². The van der Waals surface area contributed by atoms with Crippen molar-refractivity contribution in [3.8, 4) is 0 Å².